The van der Waals surface area contributed by atoms with Crippen LogP contribution < -0.4 is 5.32 Å². The fraction of sp³-hybridized carbons (Fsp3) is 0.125. The molecule has 1 amide bonds. The van der Waals surface area contributed by atoms with Crippen LogP contribution in [-0.4, -0.2) is 20.5 Å². The fourth-order valence-electron chi connectivity index (χ4n) is 0.942. The largest absolute Gasteiger partial charge is 0.471 e. The van der Waals surface area contributed by atoms with Gasteiger partial charge in [-0.1, -0.05) is 0 Å². The number of alkyl halides is 3. The Bertz CT molecular complexity index is 584. The molecule has 0 aliphatic rings. The second kappa shape index (κ2) is 4.73. The summed E-state index contributed by atoms with van der Waals surface area (Å²) in [6.07, 6.45) is -5.18. The Morgan fingerprint density at radius 2 is 1.83 bits per heavy atom. The number of halogens is 5. The first kappa shape index (κ1) is 14.7. The Morgan fingerprint density at radius 1 is 1.28 bits per heavy atom. The summed E-state index contributed by atoms with van der Waals surface area (Å²) < 4.78 is 70.5. The molecule has 0 spiro atoms. The first-order valence-corrected chi connectivity index (χ1v) is 6.45. The minimum atomic E-state index is -5.18. The molecule has 0 aliphatic heterocycles. The number of anilines is 1. The van der Waals surface area contributed by atoms with Gasteiger partial charge in [0.05, 0.1) is 10.6 Å². The van der Waals surface area contributed by atoms with Gasteiger partial charge < -0.3 is 5.32 Å². The van der Waals surface area contributed by atoms with Crippen molar-refractivity contribution in [3.8, 4) is 0 Å². The topological polar surface area (TPSA) is 63.2 Å². The lowest BCUT2D eigenvalue weighted by molar-refractivity contribution is -0.167. The SMILES string of the molecule is O=C(Nc1ccc(S(=O)(=O)Cl)cc1F)C(F)(F)F. The molecule has 1 rings (SSSR count). The van der Waals surface area contributed by atoms with E-state index in [0.717, 1.165) is 6.07 Å². The van der Waals surface area contributed by atoms with E-state index in [1.165, 1.54) is 5.32 Å². The van der Waals surface area contributed by atoms with E-state index in [1.807, 2.05) is 0 Å². The molecule has 0 radical (unpaired) electrons. The summed E-state index contributed by atoms with van der Waals surface area (Å²) in [6, 6.07) is 1.82. The number of hydrogen-bond donors (Lipinski definition) is 1. The number of benzene rings is 1. The number of rotatable bonds is 2. The van der Waals surface area contributed by atoms with Gasteiger partial charge in [-0.15, -0.1) is 0 Å². The standard InChI is InChI=1S/C8H4ClF4NO3S/c9-18(16,17)4-1-2-6(5(10)3-4)14-7(15)8(11,12)13/h1-3H,(H,14,15). The highest BCUT2D eigenvalue weighted by molar-refractivity contribution is 8.13. The minimum Gasteiger partial charge on any atom is -0.316 e. The number of carbonyl (C=O) groups is 1. The van der Waals surface area contributed by atoms with Crippen molar-refractivity contribution in [2.45, 2.75) is 11.1 Å². The number of carbonyl (C=O) groups excluding carboxylic acids is 1. The second-order valence-electron chi connectivity index (χ2n) is 3.03. The second-order valence-corrected chi connectivity index (χ2v) is 5.60. The van der Waals surface area contributed by atoms with Crippen LogP contribution in [0.25, 0.3) is 0 Å². The minimum absolute atomic E-state index is 0.397. The Balaban J connectivity index is 3.05. The molecule has 0 atom stereocenters. The van der Waals surface area contributed by atoms with Gasteiger partial charge in [-0.05, 0) is 18.2 Å². The van der Waals surface area contributed by atoms with Crippen LogP contribution in [0, 0.1) is 5.82 Å². The highest BCUT2D eigenvalue weighted by Gasteiger charge is 2.39. The van der Waals surface area contributed by atoms with E-state index in [-0.39, 0.29) is 0 Å². The third-order valence-corrected chi connectivity index (χ3v) is 3.08. The van der Waals surface area contributed by atoms with Gasteiger partial charge >= 0.3 is 12.1 Å². The summed E-state index contributed by atoms with van der Waals surface area (Å²) >= 11 is 0. The summed E-state index contributed by atoms with van der Waals surface area (Å²) in [4.78, 5) is 9.89. The molecule has 1 aromatic carbocycles. The van der Waals surface area contributed by atoms with E-state index in [2.05, 4.69) is 0 Å². The zero-order valence-corrected chi connectivity index (χ0v) is 9.83. The fourth-order valence-corrected chi connectivity index (χ4v) is 1.70. The van der Waals surface area contributed by atoms with Crippen molar-refractivity contribution < 1.29 is 30.8 Å². The average Bonchev–Trinajstić information content (AvgIpc) is 2.17. The van der Waals surface area contributed by atoms with E-state index >= 15 is 0 Å². The van der Waals surface area contributed by atoms with E-state index in [4.69, 9.17) is 10.7 Å². The molecule has 4 nitrogen and oxygen atoms in total. The average molecular weight is 306 g/mol. The molecule has 100 valence electrons. The molecular weight excluding hydrogens is 302 g/mol. The molecule has 10 heteroatoms. The maximum absolute atomic E-state index is 13.2. The van der Waals surface area contributed by atoms with Crippen molar-refractivity contribution in [2.24, 2.45) is 0 Å². The Labute approximate surface area is 103 Å². The summed E-state index contributed by atoms with van der Waals surface area (Å²) in [6.45, 7) is 0. The molecule has 1 aromatic rings. The van der Waals surface area contributed by atoms with E-state index in [1.54, 1.807) is 0 Å². The number of nitrogens with one attached hydrogen (secondary N) is 1. The van der Waals surface area contributed by atoms with Crippen LogP contribution in [0.4, 0.5) is 23.2 Å². The molecule has 0 fully saturated rings. The van der Waals surface area contributed by atoms with Gasteiger partial charge in [0.1, 0.15) is 5.82 Å². The van der Waals surface area contributed by atoms with Crippen LogP contribution in [-0.2, 0) is 13.8 Å². The maximum Gasteiger partial charge on any atom is 0.471 e. The Morgan fingerprint density at radius 3 is 2.22 bits per heavy atom. The monoisotopic (exact) mass is 305 g/mol. The third kappa shape index (κ3) is 3.57. The first-order chi connectivity index (χ1) is 8.01. The van der Waals surface area contributed by atoms with Gasteiger partial charge in [-0.25, -0.2) is 12.8 Å². The zero-order chi connectivity index (χ0) is 14.1. The van der Waals surface area contributed by atoms with Crippen molar-refractivity contribution in [3.05, 3.63) is 24.0 Å². The smallest absolute Gasteiger partial charge is 0.316 e. The van der Waals surface area contributed by atoms with Crippen molar-refractivity contribution in [2.75, 3.05) is 5.32 Å². The summed E-state index contributed by atoms with van der Waals surface area (Å²) in [5, 5.41) is 1.25. The summed E-state index contributed by atoms with van der Waals surface area (Å²) in [5.74, 6) is -3.72. The highest BCUT2D eigenvalue weighted by Crippen LogP contribution is 2.23. The molecular formula is C8H4ClF4NO3S. The molecule has 0 saturated carbocycles. The van der Waals surface area contributed by atoms with Gasteiger partial charge in [0.25, 0.3) is 9.05 Å². The van der Waals surface area contributed by atoms with Crippen molar-refractivity contribution in [3.63, 3.8) is 0 Å². The van der Waals surface area contributed by atoms with E-state index < -0.39 is 37.5 Å². The van der Waals surface area contributed by atoms with Gasteiger partial charge in [0.2, 0.25) is 0 Å². The lowest BCUT2D eigenvalue weighted by atomic mass is 10.3. The predicted molar refractivity (Wildman–Crippen MR) is 54.1 cm³/mol. The van der Waals surface area contributed by atoms with Crippen LogP contribution in [0.1, 0.15) is 0 Å². The van der Waals surface area contributed by atoms with Crippen molar-refractivity contribution >= 4 is 31.3 Å². The normalized spacial score (nSPS) is 12.3. The molecule has 0 aliphatic carbocycles. The number of amides is 1. The van der Waals surface area contributed by atoms with Gasteiger partial charge in [0.15, 0.2) is 0 Å². The molecule has 0 bridgehead atoms. The number of hydrogen-bond acceptors (Lipinski definition) is 3. The van der Waals surface area contributed by atoms with E-state index in [9.17, 15) is 30.8 Å². The van der Waals surface area contributed by atoms with Crippen LogP contribution in [0.2, 0.25) is 0 Å². The maximum atomic E-state index is 13.2. The van der Waals surface area contributed by atoms with Gasteiger partial charge in [-0.2, -0.15) is 13.2 Å². The molecule has 18 heavy (non-hydrogen) atoms. The highest BCUT2D eigenvalue weighted by atomic mass is 35.7. The summed E-state index contributed by atoms with van der Waals surface area (Å²) in [7, 11) is 0.698. The molecule has 0 unspecified atom stereocenters. The van der Waals surface area contributed by atoms with Crippen molar-refractivity contribution in [1.29, 1.82) is 0 Å². The van der Waals surface area contributed by atoms with E-state index in [0.29, 0.717) is 12.1 Å². The lowest BCUT2D eigenvalue weighted by Crippen LogP contribution is -2.30. The zero-order valence-electron chi connectivity index (χ0n) is 8.25. The van der Waals surface area contributed by atoms with Gasteiger partial charge in [0, 0.05) is 10.7 Å². The first-order valence-electron chi connectivity index (χ1n) is 4.14. The van der Waals surface area contributed by atoms with Crippen LogP contribution in [0.3, 0.4) is 0 Å². The predicted octanol–water partition coefficient (Wildman–Crippen LogP) is 2.25. The molecule has 0 saturated heterocycles. The molecule has 1 N–H and O–H groups in total. The van der Waals surface area contributed by atoms with Gasteiger partial charge in [-0.3, -0.25) is 4.79 Å². The summed E-state index contributed by atoms with van der Waals surface area (Å²) in [5.41, 5.74) is -0.804. The van der Waals surface area contributed by atoms with Crippen molar-refractivity contribution in [1.82, 2.24) is 0 Å². The van der Waals surface area contributed by atoms with Crippen LogP contribution >= 0.6 is 10.7 Å². The molecule has 0 aromatic heterocycles. The Hall–Kier alpha value is -1.35. The van der Waals surface area contributed by atoms with Crippen LogP contribution in [0.5, 0.6) is 0 Å². The molecule has 0 heterocycles. The van der Waals surface area contributed by atoms with Crippen LogP contribution in [0.15, 0.2) is 23.1 Å². The Kier molecular flexibility index (Phi) is 3.86. The lowest BCUT2D eigenvalue weighted by Gasteiger charge is -2.09. The quantitative estimate of drug-likeness (QED) is 0.673. The third-order valence-electron chi connectivity index (χ3n) is 1.73.